The standard InChI is InChI=1S/C16H15ClN2O5/c1-4-18-9(2)14(16(21)24-3)12(15(18)20)8-10-7-11(19(22)23)5-6-13(10)17/h5-8H,4H2,1-3H3/b12-8-. The fourth-order valence-electron chi connectivity index (χ4n) is 2.52. The van der Waals surface area contributed by atoms with E-state index in [9.17, 15) is 19.7 Å². The minimum absolute atomic E-state index is 0.101. The zero-order valence-electron chi connectivity index (χ0n) is 13.3. The number of nitrogens with zero attached hydrogens (tertiary/aromatic N) is 2. The van der Waals surface area contributed by atoms with Crippen LogP contribution in [0.15, 0.2) is 35.0 Å². The Morgan fingerprint density at radius 1 is 1.46 bits per heavy atom. The smallest absolute Gasteiger partial charge is 0.340 e. The van der Waals surface area contributed by atoms with Gasteiger partial charge in [-0.25, -0.2) is 4.79 Å². The fraction of sp³-hybridized carbons (Fsp3) is 0.250. The number of amides is 1. The maximum atomic E-state index is 12.5. The van der Waals surface area contributed by atoms with E-state index in [1.165, 1.54) is 36.3 Å². The van der Waals surface area contributed by atoms with E-state index in [1.54, 1.807) is 13.8 Å². The van der Waals surface area contributed by atoms with Gasteiger partial charge in [-0.2, -0.15) is 0 Å². The number of halogens is 1. The molecule has 0 unspecified atom stereocenters. The summed E-state index contributed by atoms with van der Waals surface area (Å²) >= 11 is 6.07. The van der Waals surface area contributed by atoms with Gasteiger partial charge in [-0.3, -0.25) is 14.9 Å². The minimum atomic E-state index is -0.649. The molecule has 0 atom stereocenters. The van der Waals surface area contributed by atoms with Crippen molar-refractivity contribution in [2.24, 2.45) is 0 Å². The first kappa shape index (κ1) is 17.7. The van der Waals surface area contributed by atoms with Gasteiger partial charge in [-0.1, -0.05) is 11.6 Å². The predicted octanol–water partition coefficient (Wildman–Crippen LogP) is 2.94. The van der Waals surface area contributed by atoms with Gasteiger partial charge in [0.1, 0.15) is 0 Å². The molecule has 1 aromatic carbocycles. The Morgan fingerprint density at radius 2 is 2.12 bits per heavy atom. The fourth-order valence-corrected chi connectivity index (χ4v) is 2.69. The van der Waals surface area contributed by atoms with E-state index in [0.717, 1.165) is 0 Å². The molecule has 1 aromatic rings. The number of non-ortho nitro benzene ring substituents is 1. The Bertz CT molecular complexity index is 798. The summed E-state index contributed by atoms with van der Waals surface area (Å²) in [5, 5.41) is 11.2. The Hall–Kier alpha value is -2.67. The number of likely N-dealkylation sites (N-methyl/N-ethyl adjacent to an activating group) is 1. The second kappa shape index (κ2) is 6.84. The lowest BCUT2D eigenvalue weighted by molar-refractivity contribution is -0.384. The van der Waals surface area contributed by atoms with E-state index < -0.39 is 10.9 Å². The summed E-state index contributed by atoms with van der Waals surface area (Å²) in [5.74, 6) is -1.03. The first-order valence-corrected chi connectivity index (χ1v) is 7.46. The van der Waals surface area contributed by atoms with Crippen LogP contribution in [0.3, 0.4) is 0 Å². The first-order valence-electron chi connectivity index (χ1n) is 7.08. The topological polar surface area (TPSA) is 89.8 Å². The number of benzene rings is 1. The molecule has 0 fully saturated rings. The number of ether oxygens (including phenoxy) is 1. The Morgan fingerprint density at radius 3 is 2.67 bits per heavy atom. The summed E-state index contributed by atoms with van der Waals surface area (Å²) in [6, 6.07) is 3.89. The van der Waals surface area contributed by atoms with Crippen LogP contribution in [-0.4, -0.2) is 35.4 Å². The molecule has 0 aliphatic carbocycles. The number of carbonyl (C=O) groups is 2. The van der Waals surface area contributed by atoms with Crippen LogP contribution in [-0.2, 0) is 14.3 Å². The highest BCUT2D eigenvalue weighted by molar-refractivity contribution is 6.32. The zero-order valence-corrected chi connectivity index (χ0v) is 14.1. The minimum Gasteiger partial charge on any atom is -0.465 e. The molecule has 1 aliphatic heterocycles. The van der Waals surface area contributed by atoms with Gasteiger partial charge in [0, 0.05) is 35.0 Å². The third-order valence-corrected chi connectivity index (χ3v) is 4.05. The molecule has 1 heterocycles. The van der Waals surface area contributed by atoms with Crippen LogP contribution in [0.5, 0.6) is 0 Å². The van der Waals surface area contributed by atoms with Crippen molar-refractivity contribution in [1.82, 2.24) is 4.90 Å². The Balaban J connectivity index is 2.63. The molecular weight excluding hydrogens is 336 g/mol. The number of hydrogen-bond donors (Lipinski definition) is 0. The van der Waals surface area contributed by atoms with Crippen molar-refractivity contribution < 1.29 is 19.2 Å². The molecule has 1 amide bonds. The largest absolute Gasteiger partial charge is 0.465 e. The maximum absolute atomic E-state index is 12.5. The van der Waals surface area contributed by atoms with Crippen molar-refractivity contribution >= 4 is 35.2 Å². The van der Waals surface area contributed by atoms with Crippen molar-refractivity contribution in [2.75, 3.05) is 13.7 Å². The number of carbonyl (C=O) groups excluding carboxylic acids is 2. The van der Waals surface area contributed by atoms with Gasteiger partial charge in [0.2, 0.25) is 0 Å². The molecule has 0 N–H and O–H groups in total. The normalized spacial score (nSPS) is 16.1. The van der Waals surface area contributed by atoms with Crippen LogP contribution in [0, 0.1) is 10.1 Å². The van der Waals surface area contributed by atoms with Gasteiger partial charge < -0.3 is 9.64 Å². The highest BCUT2D eigenvalue weighted by Crippen LogP contribution is 2.33. The third kappa shape index (κ3) is 3.03. The average molecular weight is 351 g/mol. The molecule has 8 heteroatoms. The van der Waals surface area contributed by atoms with E-state index >= 15 is 0 Å². The summed E-state index contributed by atoms with van der Waals surface area (Å²) in [6.45, 7) is 3.80. The second-order valence-electron chi connectivity index (χ2n) is 5.02. The van der Waals surface area contributed by atoms with Crippen LogP contribution >= 0.6 is 11.6 Å². The highest BCUT2D eigenvalue weighted by Gasteiger charge is 2.36. The predicted molar refractivity (Wildman–Crippen MR) is 88.2 cm³/mol. The molecule has 24 heavy (non-hydrogen) atoms. The lowest BCUT2D eigenvalue weighted by Crippen LogP contribution is -2.24. The second-order valence-corrected chi connectivity index (χ2v) is 5.43. The number of hydrogen-bond acceptors (Lipinski definition) is 5. The quantitative estimate of drug-likeness (QED) is 0.360. The van der Waals surface area contributed by atoms with Crippen LogP contribution in [0.25, 0.3) is 6.08 Å². The van der Waals surface area contributed by atoms with Crippen LogP contribution in [0.4, 0.5) is 5.69 Å². The highest BCUT2D eigenvalue weighted by atomic mass is 35.5. The SMILES string of the molecule is CCN1C(=O)/C(=C\c2cc([N+](=O)[O-])ccc2Cl)C(C(=O)OC)=C1C. The first-order chi connectivity index (χ1) is 11.3. The van der Waals surface area contributed by atoms with Crippen molar-refractivity contribution in [3.63, 3.8) is 0 Å². The van der Waals surface area contributed by atoms with Gasteiger partial charge in [-0.05, 0) is 26.0 Å². The number of rotatable bonds is 4. The van der Waals surface area contributed by atoms with Crippen molar-refractivity contribution in [3.8, 4) is 0 Å². The Kier molecular flexibility index (Phi) is 5.04. The lowest BCUT2D eigenvalue weighted by atomic mass is 10.0. The molecule has 0 spiro atoms. The number of allylic oxidation sites excluding steroid dienone is 1. The monoisotopic (exact) mass is 350 g/mol. The van der Waals surface area contributed by atoms with Gasteiger partial charge in [0.25, 0.3) is 11.6 Å². The van der Waals surface area contributed by atoms with Gasteiger partial charge in [-0.15, -0.1) is 0 Å². The molecule has 0 radical (unpaired) electrons. The number of nitro benzene ring substituents is 1. The summed E-state index contributed by atoms with van der Waals surface area (Å²) < 4.78 is 4.75. The van der Waals surface area contributed by atoms with E-state index in [0.29, 0.717) is 12.2 Å². The summed E-state index contributed by atoms with van der Waals surface area (Å²) in [6.07, 6.45) is 1.38. The van der Waals surface area contributed by atoms with Gasteiger partial charge >= 0.3 is 5.97 Å². The molecule has 0 bridgehead atoms. The molecule has 0 aromatic heterocycles. The summed E-state index contributed by atoms with van der Waals surface area (Å²) in [5.41, 5.74) is 0.823. The van der Waals surface area contributed by atoms with E-state index in [4.69, 9.17) is 16.3 Å². The van der Waals surface area contributed by atoms with Gasteiger partial charge in [0.05, 0.1) is 23.2 Å². The molecule has 7 nitrogen and oxygen atoms in total. The summed E-state index contributed by atoms with van der Waals surface area (Å²) in [4.78, 5) is 36.4. The Labute approximate surface area is 143 Å². The molecular formula is C16H15ClN2O5. The zero-order chi connectivity index (χ0) is 18.0. The molecule has 0 saturated carbocycles. The summed E-state index contributed by atoms with van der Waals surface area (Å²) in [7, 11) is 1.22. The van der Waals surface area contributed by atoms with Crippen molar-refractivity contribution in [2.45, 2.75) is 13.8 Å². The number of methoxy groups -OCH3 is 1. The van der Waals surface area contributed by atoms with Crippen LogP contribution in [0.1, 0.15) is 19.4 Å². The number of esters is 1. The van der Waals surface area contributed by atoms with E-state index in [2.05, 4.69) is 0 Å². The van der Waals surface area contributed by atoms with Crippen molar-refractivity contribution in [3.05, 3.63) is 55.7 Å². The van der Waals surface area contributed by atoms with Gasteiger partial charge in [0.15, 0.2) is 0 Å². The van der Waals surface area contributed by atoms with Crippen LogP contribution in [0.2, 0.25) is 5.02 Å². The van der Waals surface area contributed by atoms with Crippen molar-refractivity contribution in [1.29, 1.82) is 0 Å². The lowest BCUT2D eigenvalue weighted by Gasteiger charge is -2.14. The average Bonchev–Trinajstić information content (AvgIpc) is 2.78. The van der Waals surface area contributed by atoms with E-state index in [1.807, 2.05) is 0 Å². The van der Waals surface area contributed by atoms with Crippen LogP contribution < -0.4 is 0 Å². The van der Waals surface area contributed by atoms with E-state index in [-0.39, 0.29) is 33.3 Å². The molecule has 0 saturated heterocycles. The molecule has 2 rings (SSSR count). The molecule has 1 aliphatic rings. The maximum Gasteiger partial charge on any atom is 0.340 e. The number of nitro groups is 1. The third-order valence-electron chi connectivity index (χ3n) is 3.71. The molecule has 126 valence electrons.